The van der Waals surface area contributed by atoms with Gasteiger partial charge in [0.05, 0.1) is 5.69 Å². The van der Waals surface area contributed by atoms with E-state index in [1.54, 1.807) is 24.4 Å². The number of benzene rings is 1. The number of ether oxygens (including phenoxy) is 2. The van der Waals surface area contributed by atoms with E-state index in [9.17, 15) is 4.79 Å². The van der Waals surface area contributed by atoms with E-state index in [1.165, 1.54) is 4.68 Å². The maximum absolute atomic E-state index is 11.1. The summed E-state index contributed by atoms with van der Waals surface area (Å²) in [7, 11) is 0. The van der Waals surface area contributed by atoms with Gasteiger partial charge in [0.15, 0.2) is 17.2 Å². The summed E-state index contributed by atoms with van der Waals surface area (Å²) in [5.74, 6) is 0.126. The van der Waals surface area contributed by atoms with Crippen LogP contribution in [0.15, 0.2) is 24.4 Å². The molecule has 0 amide bonds. The maximum Gasteiger partial charge on any atom is 0.356 e. The first kappa shape index (κ1) is 12.5. The lowest BCUT2D eigenvalue weighted by Gasteiger charge is -2.02. The van der Waals surface area contributed by atoms with Gasteiger partial charge in [-0.1, -0.05) is 0 Å². The summed E-state index contributed by atoms with van der Waals surface area (Å²) >= 11 is 0. The zero-order chi connectivity index (χ0) is 14.1. The normalized spacial score (nSPS) is 12.7. The Kier molecular flexibility index (Phi) is 3.03. The molecule has 3 rings (SSSR count). The SMILES string of the molecule is O=C(O)c1nn(-c2ccc3c(c2)OCO3)cc1CCO. The molecule has 7 heteroatoms. The van der Waals surface area contributed by atoms with Gasteiger partial charge in [-0.15, -0.1) is 0 Å². The number of aliphatic hydroxyl groups is 1. The minimum Gasteiger partial charge on any atom is -0.476 e. The molecule has 0 saturated heterocycles. The Labute approximate surface area is 114 Å². The number of carboxylic acid groups (broad SMARTS) is 1. The second-order valence-electron chi connectivity index (χ2n) is 4.26. The quantitative estimate of drug-likeness (QED) is 0.859. The summed E-state index contributed by atoms with van der Waals surface area (Å²) in [5, 5.41) is 22.1. The Hall–Kier alpha value is -2.54. The Morgan fingerprint density at radius 3 is 2.90 bits per heavy atom. The van der Waals surface area contributed by atoms with E-state index >= 15 is 0 Å². The second kappa shape index (κ2) is 4.86. The van der Waals surface area contributed by atoms with Gasteiger partial charge in [-0.3, -0.25) is 0 Å². The van der Waals surface area contributed by atoms with Crippen LogP contribution < -0.4 is 9.47 Å². The molecule has 0 spiro atoms. The third kappa shape index (κ3) is 2.08. The van der Waals surface area contributed by atoms with Crippen LogP contribution in [0.25, 0.3) is 5.69 Å². The van der Waals surface area contributed by atoms with Gasteiger partial charge in [-0.05, 0) is 18.6 Å². The summed E-state index contributed by atoms with van der Waals surface area (Å²) < 4.78 is 11.9. The minimum absolute atomic E-state index is 0.0586. The molecule has 1 aliphatic rings. The van der Waals surface area contributed by atoms with E-state index in [0.717, 1.165) is 0 Å². The van der Waals surface area contributed by atoms with Crippen molar-refractivity contribution in [1.82, 2.24) is 9.78 Å². The zero-order valence-electron chi connectivity index (χ0n) is 10.4. The fourth-order valence-corrected chi connectivity index (χ4v) is 2.05. The van der Waals surface area contributed by atoms with Crippen molar-refractivity contribution in [3.05, 3.63) is 35.7 Å². The van der Waals surface area contributed by atoms with Gasteiger partial charge in [-0.25, -0.2) is 9.48 Å². The van der Waals surface area contributed by atoms with Crippen LogP contribution in [0.1, 0.15) is 16.1 Å². The smallest absolute Gasteiger partial charge is 0.356 e. The molecule has 104 valence electrons. The van der Waals surface area contributed by atoms with Gasteiger partial charge >= 0.3 is 5.97 Å². The van der Waals surface area contributed by atoms with Crippen LogP contribution in [0.4, 0.5) is 0 Å². The third-order valence-corrected chi connectivity index (χ3v) is 2.99. The Balaban J connectivity index is 2.01. The fraction of sp³-hybridized carbons (Fsp3) is 0.231. The van der Waals surface area contributed by atoms with Gasteiger partial charge in [0, 0.05) is 24.4 Å². The third-order valence-electron chi connectivity index (χ3n) is 2.99. The van der Waals surface area contributed by atoms with Gasteiger partial charge in [0.2, 0.25) is 6.79 Å². The molecule has 0 fully saturated rings. The topological polar surface area (TPSA) is 93.8 Å². The Bertz CT molecular complexity index is 665. The Morgan fingerprint density at radius 1 is 1.35 bits per heavy atom. The molecule has 2 heterocycles. The second-order valence-corrected chi connectivity index (χ2v) is 4.26. The van der Waals surface area contributed by atoms with Crippen LogP contribution in [0.5, 0.6) is 11.5 Å². The molecular formula is C13H12N2O5. The predicted molar refractivity (Wildman–Crippen MR) is 67.4 cm³/mol. The van der Waals surface area contributed by atoms with E-state index < -0.39 is 5.97 Å². The van der Waals surface area contributed by atoms with Crippen molar-refractivity contribution in [1.29, 1.82) is 0 Å². The lowest BCUT2D eigenvalue weighted by atomic mass is 10.2. The number of fused-ring (bicyclic) bond motifs is 1. The van der Waals surface area contributed by atoms with Crippen LogP contribution >= 0.6 is 0 Å². The van der Waals surface area contributed by atoms with E-state index in [1.807, 2.05) is 0 Å². The highest BCUT2D eigenvalue weighted by Crippen LogP contribution is 2.33. The summed E-state index contributed by atoms with van der Waals surface area (Å²) in [4.78, 5) is 11.1. The monoisotopic (exact) mass is 276 g/mol. The highest BCUT2D eigenvalue weighted by atomic mass is 16.7. The number of aromatic carboxylic acids is 1. The molecular weight excluding hydrogens is 264 g/mol. The molecule has 1 aromatic carbocycles. The average molecular weight is 276 g/mol. The van der Waals surface area contributed by atoms with Crippen LogP contribution in [0, 0.1) is 0 Å². The van der Waals surface area contributed by atoms with Crippen molar-refractivity contribution < 1.29 is 24.5 Å². The largest absolute Gasteiger partial charge is 0.476 e. The van der Waals surface area contributed by atoms with Crippen LogP contribution in [-0.2, 0) is 6.42 Å². The number of aliphatic hydroxyl groups excluding tert-OH is 1. The summed E-state index contributed by atoms with van der Waals surface area (Å²) in [6.45, 7) is 0.0428. The number of nitrogens with zero attached hydrogens (tertiary/aromatic N) is 2. The first-order valence-corrected chi connectivity index (χ1v) is 6.02. The molecule has 1 aliphatic heterocycles. The lowest BCUT2D eigenvalue weighted by molar-refractivity contribution is 0.0688. The van der Waals surface area contributed by atoms with Crippen molar-refractivity contribution in [2.45, 2.75) is 6.42 Å². The van der Waals surface area contributed by atoms with E-state index in [-0.39, 0.29) is 25.5 Å². The molecule has 0 aliphatic carbocycles. The minimum atomic E-state index is -1.12. The molecule has 0 unspecified atom stereocenters. The number of carbonyl (C=O) groups is 1. The molecule has 7 nitrogen and oxygen atoms in total. The fourth-order valence-electron chi connectivity index (χ4n) is 2.05. The van der Waals surface area contributed by atoms with Crippen molar-refractivity contribution in [3.63, 3.8) is 0 Å². The van der Waals surface area contributed by atoms with E-state index in [2.05, 4.69) is 5.10 Å². The van der Waals surface area contributed by atoms with Crippen molar-refractivity contribution in [2.75, 3.05) is 13.4 Å². The molecule has 0 bridgehead atoms. The number of aromatic nitrogens is 2. The molecule has 2 aromatic rings. The van der Waals surface area contributed by atoms with E-state index in [0.29, 0.717) is 22.7 Å². The van der Waals surface area contributed by atoms with Crippen LogP contribution in [0.3, 0.4) is 0 Å². The lowest BCUT2D eigenvalue weighted by Crippen LogP contribution is -2.03. The number of hydrogen-bond donors (Lipinski definition) is 2. The highest BCUT2D eigenvalue weighted by Gasteiger charge is 2.18. The summed E-state index contributed by atoms with van der Waals surface area (Å²) in [5.41, 5.74) is 1.09. The molecule has 20 heavy (non-hydrogen) atoms. The molecule has 2 N–H and O–H groups in total. The number of hydrogen-bond acceptors (Lipinski definition) is 5. The first-order chi connectivity index (χ1) is 9.69. The predicted octanol–water partition coefficient (Wildman–Crippen LogP) is 0.834. The van der Waals surface area contributed by atoms with Crippen molar-refractivity contribution >= 4 is 5.97 Å². The Morgan fingerprint density at radius 2 is 2.15 bits per heavy atom. The number of carboxylic acids is 1. The van der Waals surface area contributed by atoms with Gasteiger partial charge in [-0.2, -0.15) is 5.10 Å². The standard InChI is InChI=1S/C13H12N2O5/c16-4-3-8-6-15(14-12(8)13(17)18)9-1-2-10-11(5-9)20-7-19-10/h1-2,5-6,16H,3-4,7H2,(H,17,18). The average Bonchev–Trinajstić information content (AvgIpc) is 3.04. The van der Waals surface area contributed by atoms with Crippen molar-refractivity contribution in [3.8, 4) is 17.2 Å². The van der Waals surface area contributed by atoms with Gasteiger partial charge in [0.25, 0.3) is 0 Å². The molecule has 0 saturated carbocycles. The highest BCUT2D eigenvalue weighted by molar-refractivity contribution is 5.87. The zero-order valence-corrected chi connectivity index (χ0v) is 10.4. The number of rotatable bonds is 4. The summed E-state index contributed by atoms with van der Waals surface area (Å²) in [6.07, 6.45) is 1.84. The van der Waals surface area contributed by atoms with Crippen LogP contribution in [-0.4, -0.2) is 39.4 Å². The molecule has 1 aromatic heterocycles. The first-order valence-electron chi connectivity index (χ1n) is 6.02. The molecule has 0 atom stereocenters. The van der Waals surface area contributed by atoms with E-state index in [4.69, 9.17) is 19.7 Å². The van der Waals surface area contributed by atoms with Crippen molar-refractivity contribution in [2.24, 2.45) is 0 Å². The van der Waals surface area contributed by atoms with Crippen LogP contribution in [0.2, 0.25) is 0 Å². The van der Waals surface area contributed by atoms with Gasteiger partial charge < -0.3 is 19.7 Å². The molecule has 0 radical (unpaired) electrons. The van der Waals surface area contributed by atoms with Gasteiger partial charge in [0.1, 0.15) is 0 Å². The summed E-state index contributed by atoms with van der Waals surface area (Å²) in [6, 6.07) is 5.23. The maximum atomic E-state index is 11.1.